The maximum Gasteiger partial charge on any atom is 0.345 e. The Hall–Kier alpha value is -2.15. The van der Waals surface area contributed by atoms with E-state index in [1.165, 1.54) is 19.2 Å². The van der Waals surface area contributed by atoms with Crippen LogP contribution in [-0.2, 0) is 4.74 Å². The molecule has 7 nitrogen and oxygen atoms in total. The van der Waals surface area contributed by atoms with E-state index in [-0.39, 0.29) is 22.9 Å². The fourth-order valence-electron chi connectivity index (χ4n) is 3.04. The molecule has 2 N–H and O–H groups in total. The summed E-state index contributed by atoms with van der Waals surface area (Å²) in [5, 5.41) is 13.5. The number of para-hydroxylation sites is 1. The smallest absolute Gasteiger partial charge is 0.345 e. The molecule has 1 aliphatic heterocycles. The molecule has 1 aromatic rings. The second kappa shape index (κ2) is 6.95. The van der Waals surface area contributed by atoms with Crippen LogP contribution in [-0.4, -0.2) is 36.7 Å². The number of ether oxygens (including phenoxy) is 2. The SMILES string of the molecule is COc1cccc(C(=O)OC(C)(C)C2CC[NH2+]CC2)c1[N+](=O)[O-]. The molecule has 7 heteroatoms. The van der Waals surface area contributed by atoms with Gasteiger partial charge in [0.15, 0.2) is 5.75 Å². The van der Waals surface area contributed by atoms with Crippen LogP contribution in [0.5, 0.6) is 5.75 Å². The van der Waals surface area contributed by atoms with Crippen molar-refractivity contribution in [1.29, 1.82) is 0 Å². The Morgan fingerprint density at radius 2 is 2.00 bits per heavy atom. The van der Waals surface area contributed by atoms with Crippen molar-refractivity contribution in [3.63, 3.8) is 0 Å². The van der Waals surface area contributed by atoms with Crippen molar-refractivity contribution in [2.24, 2.45) is 5.92 Å². The highest BCUT2D eigenvalue weighted by Crippen LogP contribution is 2.34. The first kappa shape index (κ1) is 17.2. The predicted octanol–water partition coefficient (Wildman–Crippen LogP) is 1.51. The van der Waals surface area contributed by atoms with E-state index in [1.807, 2.05) is 13.8 Å². The Morgan fingerprint density at radius 1 is 1.35 bits per heavy atom. The fourth-order valence-corrected chi connectivity index (χ4v) is 3.04. The molecular weight excluding hydrogens is 300 g/mol. The zero-order chi connectivity index (χ0) is 17.0. The van der Waals surface area contributed by atoms with Gasteiger partial charge in [-0.15, -0.1) is 0 Å². The van der Waals surface area contributed by atoms with Gasteiger partial charge in [-0.2, -0.15) is 0 Å². The van der Waals surface area contributed by atoms with Crippen molar-refractivity contribution < 1.29 is 24.5 Å². The summed E-state index contributed by atoms with van der Waals surface area (Å²) in [6.07, 6.45) is 1.92. The van der Waals surface area contributed by atoms with E-state index in [1.54, 1.807) is 6.07 Å². The number of nitro benzene ring substituents is 1. The molecular formula is C16H23N2O5+. The first-order valence-electron chi connectivity index (χ1n) is 7.73. The van der Waals surface area contributed by atoms with Gasteiger partial charge in [-0.05, 0) is 26.0 Å². The monoisotopic (exact) mass is 323 g/mol. The lowest BCUT2D eigenvalue weighted by Crippen LogP contribution is -2.86. The topological polar surface area (TPSA) is 95.3 Å². The Balaban J connectivity index is 2.25. The molecule has 0 radical (unpaired) electrons. The normalized spacial score (nSPS) is 16.0. The van der Waals surface area contributed by atoms with Gasteiger partial charge in [-0.3, -0.25) is 10.1 Å². The highest BCUT2D eigenvalue weighted by molar-refractivity contribution is 5.95. The number of nitro groups is 1. The van der Waals surface area contributed by atoms with Crippen LogP contribution in [0.25, 0.3) is 0 Å². The predicted molar refractivity (Wildman–Crippen MR) is 83.5 cm³/mol. The molecule has 1 saturated heterocycles. The standard InChI is InChI=1S/C16H22N2O5/c1-16(2,11-7-9-17-10-8-11)23-15(19)12-5-4-6-13(22-3)14(12)18(20)21/h4-6,11,17H,7-10H2,1-3H3/p+1. The van der Waals surface area contributed by atoms with Crippen LogP contribution in [0.15, 0.2) is 18.2 Å². The van der Waals surface area contributed by atoms with Crippen molar-refractivity contribution in [2.75, 3.05) is 20.2 Å². The molecule has 1 aliphatic rings. The van der Waals surface area contributed by atoms with Crippen LogP contribution in [0.1, 0.15) is 37.0 Å². The first-order chi connectivity index (χ1) is 10.9. The lowest BCUT2D eigenvalue weighted by atomic mass is 9.83. The third kappa shape index (κ3) is 3.79. The van der Waals surface area contributed by atoms with E-state index in [2.05, 4.69) is 5.32 Å². The molecule has 1 aromatic carbocycles. The number of quaternary nitrogens is 1. The molecule has 1 heterocycles. The Bertz CT molecular complexity index is 594. The highest BCUT2D eigenvalue weighted by Gasteiger charge is 2.37. The molecule has 126 valence electrons. The van der Waals surface area contributed by atoms with Crippen molar-refractivity contribution in [3.05, 3.63) is 33.9 Å². The Morgan fingerprint density at radius 3 is 2.57 bits per heavy atom. The van der Waals surface area contributed by atoms with E-state index in [0.29, 0.717) is 0 Å². The Kier molecular flexibility index (Phi) is 5.20. The van der Waals surface area contributed by atoms with Gasteiger partial charge in [-0.1, -0.05) is 6.07 Å². The van der Waals surface area contributed by atoms with Gasteiger partial charge >= 0.3 is 11.7 Å². The number of rotatable bonds is 5. The van der Waals surface area contributed by atoms with Gasteiger partial charge in [0.05, 0.1) is 25.1 Å². The molecule has 0 spiro atoms. The van der Waals surface area contributed by atoms with Crippen molar-refractivity contribution >= 4 is 11.7 Å². The number of carbonyl (C=O) groups excluding carboxylic acids is 1. The van der Waals surface area contributed by atoms with Crippen LogP contribution < -0.4 is 10.1 Å². The third-order valence-corrected chi connectivity index (χ3v) is 4.40. The number of nitrogens with zero attached hydrogens (tertiary/aromatic N) is 1. The minimum Gasteiger partial charge on any atom is -0.490 e. The summed E-state index contributed by atoms with van der Waals surface area (Å²) in [7, 11) is 1.33. The van der Waals surface area contributed by atoms with E-state index >= 15 is 0 Å². The van der Waals surface area contributed by atoms with Crippen LogP contribution in [0, 0.1) is 16.0 Å². The molecule has 0 saturated carbocycles. The van der Waals surface area contributed by atoms with Crippen molar-refractivity contribution in [2.45, 2.75) is 32.3 Å². The number of hydrogen-bond donors (Lipinski definition) is 1. The number of benzene rings is 1. The van der Waals surface area contributed by atoms with Crippen LogP contribution in [0.2, 0.25) is 0 Å². The maximum atomic E-state index is 12.5. The lowest BCUT2D eigenvalue weighted by Gasteiger charge is -2.35. The van der Waals surface area contributed by atoms with Gasteiger partial charge < -0.3 is 14.8 Å². The minimum atomic E-state index is -0.685. The Labute approximate surface area is 135 Å². The van der Waals surface area contributed by atoms with Crippen LogP contribution in [0.3, 0.4) is 0 Å². The second-order valence-electron chi connectivity index (χ2n) is 6.25. The quantitative estimate of drug-likeness (QED) is 0.503. The zero-order valence-electron chi connectivity index (χ0n) is 13.7. The number of methoxy groups -OCH3 is 1. The highest BCUT2D eigenvalue weighted by atomic mass is 16.6. The summed E-state index contributed by atoms with van der Waals surface area (Å²) >= 11 is 0. The molecule has 2 rings (SSSR count). The van der Waals surface area contributed by atoms with Crippen LogP contribution >= 0.6 is 0 Å². The average molecular weight is 323 g/mol. The number of carbonyl (C=O) groups is 1. The summed E-state index contributed by atoms with van der Waals surface area (Å²) in [5.74, 6) is -0.384. The summed E-state index contributed by atoms with van der Waals surface area (Å²) in [5.41, 5.74) is -1.10. The number of piperidine rings is 1. The molecule has 0 bridgehead atoms. The molecule has 0 aliphatic carbocycles. The summed E-state index contributed by atoms with van der Waals surface area (Å²) < 4.78 is 10.6. The third-order valence-electron chi connectivity index (χ3n) is 4.40. The van der Waals surface area contributed by atoms with Gasteiger partial charge in [0.25, 0.3) is 0 Å². The lowest BCUT2D eigenvalue weighted by molar-refractivity contribution is -0.665. The average Bonchev–Trinajstić information content (AvgIpc) is 2.54. The second-order valence-corrected chi connectivity index (χ2v) is 6.25. The molecule has 0 unspecified atom stereocenters. The molecule has 0 amide bonds. The van der Waals surface area contributed by atoms with Gasteiger partial charge in [0.1, 0.15) is 11.2 Å². The molecule has 1 fully saturated rings. The molecule has 23 heavy (non-hydrogen) atoms. The van der Waals surface area contributed by atoms with Gasteiger partial charge in [-0.25, -0.2) is 4.79 Å². The fraction of sp³-hybridized carbons (Fsp3) is 0.562. The zero-order valence-corrected chi connectivity index (χ0v) is 13.7. The van der Waals surface area contributed by atoms with Gasteiger partial charge in [0.2, 0.25) is 0 Å². The van der Waals surface area contributed by atoms with E-state index in [0.717, 1.165) is 25.9 Å². The summed E-state index contributed by atoms with van der Waals surface area (Å²) in [4.78, 5) is 23.2. The molecule has 0 aromatic heterocycles. The van der Waals surface area contributed by atoms with E-state index < -0.39 is 16.5 Å². The van der Waals surface area contributed by atoms with Crippen LogP contribution in [0.4, 0.5) is 5.69 Å². The maximum absolute atomic E-state index is 12.5. The molecule has 0 atom stereocenters. The van der Waals surface area contributed by atoms with Crippen molar-refractivity contribution in [3.8, 4) is 5.75 Å². The summed E-state index contributed by atoms with van der Waals surface area (Å²) in [6, 6.07) is 4.40. The number of nitrogens with two attached hydrogens (primary N) is 1. The van der Waals surface area contributed by atoms with E-state index in [4.69, 9.17) is 9.47 Å². The summed E-state index contributed by atoms with van der Waals surface area (Å²) in [6.45, 7) is 5.75. The first-order valence-corrected chi connectivity index (χ1v) is 7.73. The van der Waals surface area contributed by atoms with Crippen molar-refractivity contribution in [1.82, 2.24) is 0 Å². The van der Waals surface area contributed by atoms with E-state index in [9.17, 15) is 14.9 Å². The number of hydrogen-bond acceptors (Lipinski definition) is 5. The van der Waals surface area contributed by atoms with Gasteiger partial charge in [0, 0.05) is 18.8 Å². The minimum absolute atomic E-state index is 0.0505. The number of esters is 1. The largest absolute Gasteiger partial charge is 0.490 e.